The largest absolute Gasteiger partial charge is 0.374 e. The second kappa shape index (κ2) is 7.29. The van der Waals surface area contributed by atoms with Crippen LogP contribution in [0, 0.1) is 5.92 Å². The Balaban J connectivity index is 2.24. The molecular weight excluding hydrogens is 198 g/mol. The maximum atomic E-state index is 6.11. The molecule has 2 N–H and O–H groups in total. The number of ether oxygens (including phenoxy) is 1. The van der Waals surface area contributed by atoms with Crippen LogP contribution >= 0.6 is 0 Å². The van der Waals surface area contributed by atoms with Gasteiger partial charge in [-0.05, 0) is 25.2 Å². The molecule has 0 bridgehead atoms. The molecule has 0 spiro atoms. The van der Waals surface area contributed by atoms with Crippen LogP contribution in [-0.4, -0.2) is 18.8 Å². The van der Waals surface area contributed by atoms with Crippen LogP contribution in [0.2, 0.25) is 0 Å². The van der Waals surface area contributed by atoms with Crippen LogP contribution in [0.1, 0.15) is 65.2 Å². The van der Waals surface area contributed by atoms with Crippen molar-refractivity contribution in [1.29, 1.82) is 0 Å². The lowest BCUT2D eigenvalue weighted by Gasteiger charge is -2.39. The second-order valence-corrected chi connectivity index (χ2v) is 5.50. The quantitative estimate of drug-likeness (QED) is 0.676. The van der Waals surface area contributed by atoms with Crippen LogP contribution in [0.4, 0.5) is 0 Å². The zero-order valence-electron chi connectivity index (χ0n) is 11.1. The second-order valence-electron chi connectivity index (χ2n) is 5.50. The molecule has 2 unspecified atom stereocenters. The van der Waals surface area contributed by atoms with Gasteiger partial charge in [-0.1, -0.05) is 46.0 Å². The first-order valence-electron chi connectivity index (χ1n) is 7.06. The van der Waals surface area contributed by atoms with E-state index in [1.165, 1.54) is 44.9 Å². The van der Waals surface area contributed by atoms with Crippen LogP contribution in [0.5, 0.6) is 0 Å². The van der Waals surface area contributed by atoms with Gasteiger partial charge in [0.05, 0.1) is 5.60 Å². The molecule has 0 aromatic carbocycles. The first-order chi connectivity index (χ1) is 7.72. The summed E-state index contributed by atoms with van der Waals surface area (Å²) in [6.45, 7) is 6.17. The predicted octanol–water partition coefficient (Wildman–Crippen LogP) is 3.49. The molecule has 1 saturated carbocycles. The first kappa shape index (κ1) is 14.0. The van der Waals surface area contributed by atoms with E-state index in [0.29, 0.717) is 6.54 Å². The number of nitrogens with two attached hydrogens (primary N) is 1. The van der Waals surface area contributed by atoms with Crippen molar-refractivity contribution in [2.45, 2.75) is 70.8 Å². The van der Waals surface area contributed by atoms with Gasteiger partial charge in [-0.2, -0.15) is 0 Å². The van der Waals surface area contributed by atoms with Crippen molar-refractivity contribution in [2.24, 2.45) is 11.7 Å². The Kier molecular flexibility index (Phi) is 6.37. The van der Waals surface area contributed by atoms with Gasteiger partial charge in [-0.3, -0.25) is 0 Å². The normalized spacial score (nSPS) is 30.6. The zero-order valence-corrected chi connectivity index (χ0v) is 11.1. The molecular formula is C14H29NO. The molecule has 2 atom stereocenters. The molecule has 0 aromatic rings. The van der Waals surface area contributed by atoms with E-state index in [-0.39, 0.29) is 5.60 Å². The van der Waals surface area contributed by atoms with Gasteiger partial charge in [0, 0.05) is 13.2 Å². The minimum absolute atomic E-state index is 0.0177. The molecule has 1 fully saturated rings. The van der Waals surface area contributed by atoms with Crippen molar-refractivity contribution in [3.63, 3.8) is 0 Å². The number of rotatable bonds is 7. The Morgan fingerprint density at radius 2 is 2.12 bits per heavy atom. The van der Waals surface area contributed by atoms with Crippen LogP contribution in [-0.2, 0) is 4.74 Å². The highest BCUT2D eigenvalue weighted by molar-refractivity contribution is 4.87. The molecule has 2 heteroatoms. The van der Waals surface area contributed by atoms with Crippen LogP contribution in [0.3, 0.4) is 0 Å². The molecule has 1 aliphatic carbocycles. The molecule has 2 nitrogen and oxygen atoms in total. The van der Waals surface area contributed by atoms with Gasteiger partial charge in [-0.15, -0.1) is 0 Å². The first-order valence-corrected chi connectivity index (χ1v) is 7.06. The van der Waals surface area contributed by atoms with Gasteiger partial charge in [0.15, 0.2) is 0 Å². The van der Waals surface area contributed by atoms with E-state index >= 15 is 0 Å². The fourth-order valence-electron chi connectivity index (χ4n) is 2.80. The van der Waals surface area contributed by atoms with Gasteiger partial charge < -0.3 is 10.5 Å². The Hall–Kier alpha value is -0.0800. The Morgan fingerprint density at radius 3 is 2.75 bits per heavy atom. The topological polar surface area (TPSA) is 35.2 Å². The van der Waals surface area contributed by atoms with Gasteiger partial charge in [0.2, 0.25) is 0 Å². The smallest absolute Gasteiger partial charge is 0.0806 e. The average Bonchev–Trinajstić information content (AvgIpc) is 2.29. The lowest BCUT2D eigenvalue weighted by atomic mass is 9.79. The van der Waals surface area contributed by atoms with E-state index in [1.54, 1.807) is 0 Å². The monoisotopic (exact) mass is 227 g/mol. The summed E-state index contributed by atoms with van der Waals surface area (Å²) in [7, 11) is 0. The lowest BCUT2D eigenvalue weighted by molar-refractivity contribution is -0.0753. The lowest BCUT2D eigenvalue weighted by Crippen LogP contribution is -2.44. The highest BCUT2D eigenvalue weighted by atomic mass is 16.5. The van der Waals surface area contributed by atoms with E-state index in [1.807, 2.05) is 0 Å². The van der Waals surface area contributed by atoms with E-state index < -0.39 is 0 Å². The maximum Gasteiger partial charge on any atom is 0.0806 e. The highest BCUT2D eigenvalue weighted by Gasteiger charge is 2.34. The molecule has 96 valence electrons. The Labute approximate surface area is 101 Å². The summed E-state index contributed by atoms with van der Waals surface area (Å²) < 4.78 is 6.11. The molecule has 1 aliphatic rings. The molecule has 16 heavy (non-hydrogen) atoms. The summed E-state index contributed by atoms with van der Waals surface area (Å²) in [4.78, 5) is 0. The third-order valence-electron chi connectivity index (χ3n) is 3.83. The fraction of sp³-hybridized carbons (Fsp3) is 1.00. The van der Waals surface area contributed by atoms with Crippen LogP contribution in [0.15, 0.2) is 0 Å². The van der Waals surface area contributed by atoms with Crippen LogP contribution < -0.4 is 5.73 Å². The third kappa shape index (κ3) is 4.42. The number of hydrogen-bond acceptors (Lipinski definition) is 2. The van der Waals surface area contributed by atoms with E-state index in [9.17, 15) is 0 Å². The van der Waals surface area contributed by atoms with Gasteiger partial charge in [0.1, 0.15) is 0 Å². The molecule has 0 aromatic heterocycles. The Morgan fingerprint density at radius 1 is 1.31 bits per heavy atom. The standard InChI is InChI=1S/C14H29NO/c1-3-4-5-6-10-16-14(12-15)9-7-8-13(2)11-14/h13H,3-12,15H2,1-2H3. The van der Waals surface area contributed by atoms with Crippen molar-refractivity contribution in [3.8, 4) is 0 Å². The van der Waals surface area contributed by atoms with Crippen LogP contribution in [0.25, 0.3) is 0 Å². The molecule has 0 saturated heterocycles. The van der Waals surface area contributed by atoms with Gasteiger partial charge in [0.25, 0.3) is 0 Å². The molecule has 0 aliphatic heterocycles. The minimum Gasteiger partial charge on any atom is -0.374 e. The Bertz CT molecular complexity index is 184. The maximum absolute atomic E-state index is 6.11. The van der Waals surface area contributed by atoms with Crippen molar-refractivity contribution in [3.05, 3.63) is 0 Å². The van der Waals surface area contributed by atoms with Crippen molar-refractivity contribution in [2.75, 3.05) is 13.2 Å². The third-order valence-corrected chi connectivity index (χ3v) is 3.83. The average molecular weight is 227 g/mol. The van der Waals surface area contributed by atoms with E-state index in [4.69, 9.17) is 10.5 Å². The summed E-state index contributed by atoms with van der Waals surface area (Å²) in [6, 6.07) is 0. The molecule has 0 heterocycles. The zero-order chi connectivity index (χ0) is 11.9. The van der Waals surface area contributed by atoms with Crippen molar-refractivity contribution >= 4 is 0 Å². The summed E-state index contributed by atoms with van der Waals surface area (Å²) in [5.74, 6) is 0.785. The number of hydrogen-bond donors (Lipinski definition) is 1. The van der Waals surface area contributed by atoms with Crippen molar-refractivity contribution in [1.82, 2.24) is 0 Å². The van der Waals surface area contributed by atoms with E-state index in [0.717, 1.165) is 18.9 Å². The fourth-order valence-corrected chi connectivity index (χ4v) is 2.80. The van der Waals surface area contributed by atoms with Crippen molar-refractivity contribution < 1.29 is 4.74 Å². The minimum atomic E-state index is 0.0177. The molecule has 0 amide bonds. The highest BCUT2D eigenvalue weighted by Crippen LogP contribution is 2.34. The van der Waals surface area contributed by atoms with Gasteiger partial charge >= 0.3 is 0 Å². The number of unbranched alkanes of at least 4 members (excludes halogenated alkanes) is 3. The molecule has 1 rings (SSSR count). The summed E-state index contributed by atoms with van der Waals surface area (Å²) >= 11 is 0. The predicted molar refractivity (Wildman–Crippen MR) is 69.5 cm³/mol. The van der Waals surface area contributed by atoms with Gasteiger partial charge in [-0.25, -0.2) is 0 Å². The summed E-state index contributed by atoms with van der Waals surface area (Å²) in [5.41, 5.74) is 5.93. The van der Waals surface area contributed by atoms with E-state index in [2.05, 4.69) is 13.8 Å². The SMILES string of the molecule is CCCCCCOC1(CN)CCCC(C)C1. The molecule has 0 radical (unpaired) electrons. The summed E-state index contributed by atoms with van der Waals surface area (Å²) in [5, 5.41) is 0. The summed E-state index contributed by atoms with van der Waals surface area (Å²) in [6.07, 6.45) is 10.1.